The lowest BCUT2D eigenvalue weighted by Gasteiger charge is -2.05. The van der Waals surface area contributed by atoms with Crippen LogP contribution >= 0.6 is 0 Å². The number of hydrogen-bond donors (Lipinski definition) is 3. The molecule has 0 atom stereocenters. The fourth-order valence-electron chi connectivity index (χ4n) is 2.78. The molecule has 0 aliphatic carbocycles. The molecule has 2 amide bonds. The molecule has 1 aliphatic rings. The predicted molar refractivity (Wildman–Crippen MR) is 84.9 cm³/mol. The largest absolute Gasteiger partial charge is 0.348 e. The summed E-state index contributed by atoms with van der Waals surface area (Å²) in [5.74, 6) is -1.87. The maximum atomic E-state index is 13.7. The van der Waals surface area contributed by atoms with Crippen molar-refractivity contribution in [3.8, 4) is 0 Å². The van der Waals surface area contributed by atoms with E-state index in [0.717, 1.165) is 17.7 Å². The topological polar surface area (TPSA) is 74.0 Å². The maximum absolute atomic E-state index is 13.7. The Morgan fingerprint density at radius 3 is 2.67 bits per heavy atom. The SMILES string of the molecule is O=C1Cc2cc(NC(=O)c3cc4c(F)ccc(F)c4[nH]3)ccc2N1. The molecule has 3 N–H and O–H groups in total. The quantitative estimate of drug-likeness (QED) is 0.676. The van der Waals surface area contributed by atoms with Crippen LogP contribution in [-0.4, -0.2) is 16.8 Å². The number of aromatic nitrogens is 1. The minimum atomic E-state index is -0.632. The van der Waals surface area contributed by atoms with E-state index in [2.05, 4.69) is 15.6 Å². The van der Waals surface area contributed by atoms with Gasteiger partial charge in [0.1, 0.15) is 17.3 Å². The van der Waals surface area contributed by atoms with Crippen LogP contribution in [0.3, 0.4) is 0 Å². The molecule has 24 heavy (non-hydrogen) atoms. The van der Waals surface area contributed by atoms with Crippen molar-refractivity contribution in [3.63, 3.8) is 0 Å². The van der Waals surface area contributed by atoms with Crippen molar-refractivity contribution >= 4 is 34.1 Å². The fraction of sp³-hybridized carbons (Fsp3) is 0.0588. The van der Waals surface area contributed by atoms with Crippen molar-refractivity contribution in [2.45, 2.75) is 6.42 Å². The molecular weight excluding hydrogens is 316 g/mol. The smallest absolute Gasteiger partial charge is 0.272 e. The van der Waals surface area contributed by atoms with Gasteiger partial charge in [0.15, 0.2) is 0 Å². The van der Waals surface area contributed by atoms with Gasteiger partial charge in [-0.05, 0) is 42.0 Å². The van der Waals surface area contributed by atoms with Gasteiger partial charge in [-0.1, -0.05) is 0 Å². The summed E-state index contributed by atoms with van der Waals surface area (Å²) >= 11 is 0. The van der Waals surface area contributed by atoms with Gasteiger partial charge in [0.05, 0.1) is 11.9 Å². The Balaban J connectivity index is 1.63. The van der Waals surface area contributed by atoms with Gasteiger partial charge < -0.3 is 15.6 Å². The third-order valence-electron chi connectivity index (χ3n) is 3.92. The zero-order chi connectivity index (χ0) is 16.8. The lowest BCUT2D eigenvalue weighted by Crippen LogP contribution is -2.12. The molecule has 2 heterocycles. The van der Waals surface area contributed by atoms with Gasteiger partial charge in [0, 0.05) is 16.8 Å². The van der Waals surface area contributed by atoms with Crippen molar-refractivity contribution in [1.82, 2.24) is 4.98 Å². The molecule has 2 aromatic carbocycles. The van der Waals surface area contributed by atoms with Crippen LogP contribution in [0.25, 0.3) is 10.9 Å². The standard InChI is InChI=1S/C17H11F2N3O2/c18-11-2-3-12(19)16-10(11)7-14(22-16)17(24)20-9-1-4-13-8(5-9)6-15(23)21-13/h1-5,7,22H,6H2,(H,20,24)(H,21,23). The summed E-state index contributed by atoms with van der Waals surface area (Å²) in [6.07, 6.45) is 0.252. The van der Waals surface area contributed by atoms with Crippen LogP contribution in [0.2, 0.25) is 0 Å². The Morgan fingerprint density at radius 1 is 1.08 bits per heavy atom. The lowest BCUT2D eigenvalue weighted by molar-refractivity contribution is -0.115. The Morgan fingerprint density at radius 2 is 1.88 bits per heavy atom. The molecule has 0 saturated carbocycles. The Hall–Kier alpha value is -3.22. The van der Waals surface area contributed by atoms with Gasteiger partial charge in [0.25, 0.3) is 5.91 Å². The van der Waals surface area contributed by atoms with Gasteiger partial charge in [-0.3, -0.25) is 9.59 Å². The Bertz CT molecular complexity index is 971. The summed E-state index contributed by atoms with van der Waals surface area (Å²) in [6.45, 7) is 0. The second kappa shape index (κ2) is 5.16. The molecule has 5 nitrogen and oxygen atoms in total. The van der Waals surface area contributed by atoms with E-state index in [1.54, 1.807) is 18.2 Å². The van der Waals surface area contributed by atoms with E-state index < -0.39 is 17.5 Å². The van der Waals surface area contributed by atoms with E-state index in [1.165, 1.54) is 6.07 Å². The van der Waals surface area contributed by atoms with Gasteiger partial charge in [-0.25, -0.2) is 8.78 Å². The minimum Gasteiger partial charge on any atom is -0.348 e. The van der Waals surface area contributed by atoms with Crippen molar-refractivity contribution in [2.75, 3.05) is 10.6 Å². The van der Waals surface area contributed by atoms with E-state index in [-0.39, 0.29) is 28.9 Å². The lowest BCUT2D eigenvalue weighted by atomic mass is 10.1. The van der Waals surface area contributed by atoms with Gasteiger partial charge in [0.2, 0.25) is 5.91 Å². The molecule has 0 saturated heterocycles. The average Bonchev–Trinajstić information content (AvgIpc) is 3.14. The number of nitrogens with one attached hydrogen (secondary N) is 3. The number of aromatic amines is 1. The molecule has 0 bridgehead atoms. The highest BCUT2D eigenvalue weighted by Crippen LogP contribution is 2.27. The average molecular weight is 327 g/mol. The highest BCUT2D eigenvalue weighted by Gasteiger charge is 2.19. The fourth-order valence-corrected chi connectivity index (χ4v) is 2.78. The summed E-state index contributed by atoms with van der Waals surface area (Å²) in [5.41, 5.74) is 1.99. The third-order valence-corrected chi connectivity index (χ3v) is 3.92. The summed E-state index contributed by atoms with van der Waals surface area (Å²) < 4.78 is 27.4. The van der Waals surface area contributed by atoms with Crippen LogP contribution in [0.5, 0.6) is 0 Å². The van der Waals surface area contributed by atoms with Crippen molar-refractivity contribution in [2.24, 2.45) is 0 Å². The number of carbonyl (C=O) groups excluding carboxylic acids is 2. The summed E-state index contributed by atoms with van der Waals surface area (Å²) in [7, 11) is 0. The molecular formula is C17H11F2N3O2. The minimum absolute atomic E-state index is 0.0175. The molecule has 120 valence electrons. The number of carbonyl (C=O) groups is 2. The number of rotatable bonds is 2. The number of anilines is 2. The molecule has 3 aromatic rings. The first-order valence-corrected chi connectivity index (χ1v) is 7.22. The van der Waals surface area contributed by atoms with Gasteiger partial charge in [-0.15, -0.1) is 0 Å². The molecule has 0 spiro atoms. The third kappa shape index (κ3) is 2.30. The van der Waals surface area contributed by atoms with Crippen LogP contribution in [0.15, 0.2) is 36.4 Å². The van der Waals surface area contributed by atoms with Crippen molar-refractivity contribution in [3.05, 3.63) is 59.3 Å². The first-order chi connectivity index (χ1) is 11.5. The van der Waals surface area contributed by atoms with Crippen molar-refractivity contribution < 1.29 is 18.4 Å². The van der Waals surface area contributed by atoms with Crippen LogP contribution < -0.4 is 10.6 Å². The zero-order valence-corrected chi connectivity index (χ0v) is 12.2. The van der Waals surface area contributed by atoms with E-state index in [9.17, 15) is 18.4 Å². The first-order valence-electron chi connectivity index (χ1n) is 7.22. The van der Waals surface area contributed by atoms with E-state index >= 15 is 0 Å². The number of benzene rings is 2. The van der Waals surface area contributed by atoms with Crippen LogP contribution in [0.4, 0.5) is 20.2 Å². The predicted octanol–water partition coefficient (Wildman–Crippen LogP) is 3.19. The van der Waals surface area contributed by atoms with E-state index in [0.29, 0.717) is 11.4 Å². The molecule has 0 radical (unpaired) electrons. The molecule has 4 rings (SSSR count). The first kappa shape index (κ1) is 14.4. The number of hydrogen-bond acceptors (Lipinski definition) is 2. The number of H-pyrrole nitrogens is 1. The maximum Gasteiger partial charge on any atom is 0.272 e. The summed E-state index contributed by atoms with van der Waals surface area (Å²) in [6, 6.07) is 8.31. The van der Waals surface area contributed by atoms with E-state index in [1.807, 2.05) is 0 Å². The molecule has 7 heteroatoms. The Kier molecular flexibility index (Phi) is 3.09. The van der Waals surface area contributed by atoms with Crippen molar-refractivity contribution in [1.29, 1.82) is 0 Å². The number of fused-ring (bicyclic) bond motifs is 2. The zero-order valence-electron chi connectivity index (χ0n) is 12.2. The molecule has 0 fully saturated rings. The highest BCUT2D eigenvalue weighted by molar-refractivity contribution is 6.06. The molecule has 0 unspecified atom stereocenters. The second-order valence-electron chi connectivity index (χ2n) is 5.55. The van der Waals surface area contributed by atoms with Crippen LogP contribution in [-0.2, 0) is 11.2 Å². The molecule has 1 aliphatic heterocycles. The van der Waals surface area contributed by atoms with Gasteiger partial charge >= 0.3 is 0 Å². The van der Waals surface area contributed by atoms with Crippen LogP contribution in [0, 0.1) is 11.6 Å². The molecule has 1 aromatic heterocycles. The van der Waals surface area contributed by atoms with Gasteiger partial charge in [-0.2, -0.15) is 0 Å². The number of halogens is 2. The number of amides is 2. The summed E-state index contributed by atoms with van der Waals surface area (Å²) in [4.78, 5) is 26.2. The van der Waals surface area contributed by atoms with E-state index in [4.69, 9.17) is 0 Å². The highest BCUT2D eigenvalue weighted by atomic mass is 19.1. The monoisotopic (exact) mass is 327 g/mol. The Labute approximate surface area is 134 Å². The summed E-state index contributed by atoms with van der Waals surface area (Å²) in [5, 5.41) is 5.36. The van der Waals surface area contributed by atoms with Crippen LogP contribution in [0.1, 0.15) is 16.1 Å². The second-order valence-corrected chi connectivity index (χ2v) is 5.55. The normalized spacial score (nSPS) is 13.0.